The molecule has 0 radical (unpaired) electrons. The van der Waals surface area contributed by atoms with Crippen LogP contribution in [0.25, 0.3) is 0 Å². The quantitative estimate of drug-likeness (QED) is 0.363. The highest BCUT2D eigenvalue weighted by atomic mass is 16.1. The van der Waals surface area contributed by atoms with Crippen molar-refractivity contribution in [2.24, 2.45) is 0 Å². The Kier molecular flexibility index (Phi) is 7.53. The van der Waals surface area contributed by atoms with Gasteiger partial charge in [-0.25, -0.2) is 0 Å². The van der Waals surface area contributed by atoms with E-state index in [9.17, 15) is 4.79 Å². The molecule has 0 heterocycles. The molecule has 90 valence electrons. The fourth-order valence-corrected chi connectivity index (χ4v) is 1.37. The Morgan fingerprint density at radius 2 is 1.50 bits per heavy atom. The number of allylic oxidation sites excluding steroid dienone is 6. The van der Waals surface area contributed by atoms with Crippen molar-refractivity contribution in [1.29, 1.82) is 0 Å². The second-order valence-corrected chi connectivity index (χ2v) is 4.73. The summed E-state index contributed by atoms with van der Waals surface area (Å²) in [5, 5.41) is 0. The molecular weight excluding hydrogens is 196 g/mol. The summed E-state index contributed by atoms with van der Waals surface area (Å²) in [5.74, 6) is 0. The second kappa shape index (κ2) is 8.09. The molecule has 0 saturated heterocycles. The summed E-state index contributed by atoms with van der Waals surface area (Å²) in [4.78, 5) is 11.0. The van der Waals surface area contributed by atoms with E-state index in [-0.39, 0.29) is 0 Å². The molecule has 16 heavy (non-hydrogen) atoms. The second-order valence-electron chi connectivity index (χ2n) is 4.73. The maximum Gasteiger partial charge on any atom is 0.146 e. The molecule has 0 spiro atoms. The monoisotopic (exact) mass is 220 g/mol. The molecule has 0 aromatic rings. The Balaban J connectivity index is 4.44. The highest BCUT2D eigenvalue weighted by molar-refractivity contribution is 5.74. The first-order valence-electron chi connectivity index (χ1n) is 5.88. The zero-order chi connectivity index (χ0) is 12.6. The van der Waals surface area contributed by atoms with Gasteiger partial charge in [0.1, 0.15) is 6.29 Å². The summed E-state index contributed by atoms with van der Waals surface area (Å²) >= 11 is 0. The van der Waals surface area contributed by atoms with Crippen LogP contribution in [-0.2, 0) is 4.79 Å². The van der Waals surface area contributed by atoms with Crippen molar-refractivity contribution in [3.8, 4) is 0 Å². The van der Waals surface area contributed by atoms with Gasteiger partial charge in [-0.2, -0.15) is 0 Å². The third-order valence-electron chi connectivity index (χ3n) is 2.49. The van der Waals surface area contributed by atoms with E-state index in [2.05, 4.69) is 46.8 Å². The third-order valence-corrected chi connectivity index (χ3v) is 2.49. The molecule has 0 aliphatic carbocycles. The first kappa shape index (κ1) is 14.9. The van der Waals surface area contributed by atoms with Crippen molar-refractivity contribution < 1.29 is 4.79 Å². The Hall–Kier alpha value is -1.11. The van der Waals surface area contributed by atoms with Gasteiger partial charge in [-0.3, -0.25) is 4.79 Å². The van der Waals surface area contributed by atoms with Crippen LogP contribution in [0.15, 0.2) is 34.4 Å². The maximum atomic E-state index is 11.0. The molecule has 0 N–H and O–H groups in total. The summed E-state index contributed by atoms with van der Waals surface area (Å²) in [7, 11) is 0. The fraction of sp³-hybridized carbons (Fsp3) is 0.533. The molecule has 0 bridgehead atoms. The lowest BCUT2D eigenvalue weighted by Crippen LogP contribution is -1.90. The molecule has 0 aromatic carbocycles. The summed E-state index contributed by atoms with van der Waals surface area (Å²) in [6, 6.07) is 0. The summed E-state index contributed by atoms with van der Waals surface area (Å²) in [6.07, 6.45) is 8.10. The zero-order valence-corrected chi connectivity index (χ0v) is 11.3. The van der Waals surface area contributed by atoms with E-state index in [4.69, 9.17) is 0 Å². The highest BCUT2D eigenvalue weighted by Gasteiger charge is 1.99. The lowest BCUT2D eigenvalue weighted by Gasteiger charge is -2.04. The van der Waals surface area contributed by atoms with Crippen molar-refractivity contribution in [2.75, 3.05) is 0 Å². The SMILES string of the molecule is CC(C)=CCC/C(C)=C(\C=O)CC=C(C)C. The third kappa shape index (κ3) is 7.22. The Morgan fingerprint density at radius 1 is 0.938 bits per heavy atom. The average molecular weight is 220 g/mol. The van der Waals surface area contributed by atoms with E-state index in [0.29, 0.717) is 0 Å². The van der Waals surface area contributed by atoms with E-state index in [0.717, 1.165) is 31.1 Å². The van der Waals surface area contributed by atoms with Crippen LogP contribution >= 0.6 is 0 Å². The Morgan fingerprint density at radius 3 is 1.94 bits per heavy atom. The minimum absolute atomic E-state index is 0.770. The largest absolute Gasteiger partial charge is 0.298 e. The van der Waals surface area contributed by atoms with Crippen LogP contribution in [0.5, 0.6) is 0 Å². The summed E-state index contributed by atoms with van der Waals surface area (Å²) in [5.41, 5.74) is 4.74. The number of carbonyl (C=O) groups is 1. The van der Waals surface area contributed by atoms with Gasteiger partial charge in [0.15, 0.2) is 0 Å². The smallest absolute Gasteiger partial charge is 0.146 e. The average Bonchev–Trinajstić information content (AvgIpc) is 2.17. The zero-order valence-electron chi connectivity index (χ0n) is 11.3. The number of hydrogen-bond acceptors (Lipinski definition) is 1. The van der Waals surface area contributed by atoms with Gasteiger partial charge >= 0.3 is 0 Å². The van der Waals surface area contributed by atoms with Crippen LogP contribution < -0.4 is 0 Å². The van der Waals surface area contributed by atoms with E-state index >= 15 is 0 Å². The van der Waals surface area contributed by atoms with Crippen molar-refractivity contribution in [2.45, 2.75) is 53.9 Å². The molecule has 0 saturated carbocycles. The molecule has 0 rings (SSSR count). The summed E-state index contributed by atoms with van der Waals surface area (Å²) < 4.78 is 0. The van der Waals surface area contributed by atoms with Crippen LogP contribution in [-0.4, -0.2) is 6.29 Å². The summed E-state index contributed by atoms with van der Waals surface area (Å²) in [6.45, 7) is 10.4. The van der Waals surface area contributed by atoms with Gasteiger partial charge in [0, 0.05) is 0 Å². The molecule has 0 aliphatic heterocycles. The minimum Gasteiger partial charge on any atom is -0.298 e. The van der Waals surface area contributed by atoms with Gasteiger partial charge in [-0.1, -0.05) is 28.9 Å². The lowest BCUT2D eigenvalue weighted by atomic mass is 10.0. The van der Waals surface area contributed by atoms with E-state index < -0.39 is 0 Å². The topological polar surface area (TPSA) is 17.1 Å². The lowest BCUT2D eigenvalue weighted by molar-refractivity contribution is -0.105. The molecule has 0 aliphatic rings. The molecule has 0 unspecified atom stereocenters. The van der Waals surface area contributed by atoms with Crippen molar-refractivity contribution in [1.82, 2.24) is 0 Å². The minimum atomic E-state index is 0.770. The standard InChI is InChI=1S/C15H24O/c1-12(2)7-6-8-14(5)15(11-16)10-9-13(3)4/h7,9,11H,6,8,10H2,1-5H3/b15-14-. The van der Waals surface area contributed by atoms with Gasteiger partial charge < -0.3 is 0 Å². The molecule has 0 fully saturated rings. The first-order valence-corrected chi connectivity index (χ1v) is 5.88. The Labute approximate surface area is 99.9 Å². The fourth-order valence-electron chi connectivity index (χ4n) is 1.37. The van der Waals surface area contributed by atoms with Gasteiger partial charge in [0.2, 0.25) is 0 Å². The van der Waals surface area contributed by atoms with Crippen LogP contribution in [0.1, 0.15) is 53.9 Å². The van der Waals surface area contributed by atoms with Gasteiger partial charge in [0.05, 0.1) is 0 Å². The van der Waals surface area contributed by atoms with Gasteiger partial charge in [-0.05, 0) is 59.5 Å². The number of aldehydes is 1. The molecule has 0 amide bonds. The normalized spacial score (nSPS) is 11.6. The Bertz CT molecular complexity index is 308. The van der Waals surface area contributed by atoms with Gasteiger partial charge in [0.25, 0.3) is 0 Å². The van der Waals surface area contributed by atoms with E-state index in [1.54, 1.807) is 0 Å². The predicted octanol–water partition coefficient (Wildman–Crippen LogP) is 4.60. The molecule has 0 aromatic heterocycles. The predicted molar refractivity (Wildman–Crippen MR) is 71.5 cm³/mol. The van der Waals surface area contributed by atoms with Crippen molar-refractivity contribution in [3.05, 3.63) is 34.4 Å². The maximum absolute atomic E-state index is 11.0. The number of hydrogen-bond donors (Lipinski definition) is 0. The first-order chi connectivity index (χ1) is 7.47. The van der Waals surface area contributed by atoms with E-state index in [1.807, 2.05) is 0 Å². The molecule has 1 heteroatoms. The van der Waals surface area contributed by atoms with Crippen LogP contribution in [0.3, 0.4) is 0 Å². The number of carbonyl (C=O) groups excluding carboxylic acids is 1. The van der Waals surface area contributed by atoms with Crippen LogP contribution in [0.4, 0.5) is 0 Å². The molecule has 0 atom stereocenters. The molecular formula is C15H24O. The highest BCUT2D eigenvalue weighted by Crippen LogP contribution is 2.14. The van der Waals surface area contributed by atoms with Crippen molar-refractivity contribution in [3.63, 3.8) is 0 Å². The number of rotatable bonds is 6. The van der Waals surface area contributed by atoms with Crippen LogP contribution in [0.2, 0.25) is 0 Å². The van der Waals surface area contributed by atoms with Gasteiger partial charge in [-0.15, -0.1) is 0 Å². The molecule has 1 nitrogen and oxygen atoms in total. The van der Waals surface area contributed by atoms with Crippen molar-refractivity contribution >= 4 is 6.29 Å². The van der Waals surface area contributed by atoms with Crippen LogP contribution in [0, 0.1) is 0 Å². The van der Waals surface area contributed by atoms with E-state index in [1.165, 1.54) is 16.7 Å².